The topological polar surface area (TPSA) is 39.7 Å². The molecule has 4 heteroatoms. The number of ether oxygens (including phenoxy) is 3. The third kappa shape index (κ3) is 4.73. The van der Waals surface area contributed by atoms with Crippen LogP contribution in [0.5, 0.6) is 11.5 Å². The van der Waals surface area contributed by atoms with Crippen molar-refractivity contribution in [3.8, 4) is 11.5 Å². The van der Waals surface area contributed by atoms with Crippen molar-refractivity contribution in [1.82, 2.24) is 5.32 Å². The van der Waals surface area contributed by atoms with Gasteiger partial charge in [0, 0.05) is 37.9 Å². The summed E-state index contributed by atoms with van der Waals surface area (Å²) >= 11 is 0. The van der Waals surface area contributed by atoms with Gasteiger partial charge in [0.15, 0.2) is 0 Å². The van der Waals surface area contributed by atoms with Crippen LogP contribution in [0.2, 0.25) is 0 Å². The zero-order chi connectivity index (χ0) is 14.3. The van der Waals surface area contributed by atoms with Crippen molar-refractivity contribution in [3.63, 3.8) is 0 Å². The second-order valence-electron chi connectivity index (χ2n) is 4.80. The average Bonchev–Trinajstić information content (AvgIpc) is 2.44. The Balaban J connectivity index is 2.68. The maximum atomic E-state index is 5.42. The van der Waals surface area contributed by atoms with Gasteiger partial charge in [-0.3, -0.25) is 0 Å². The molecule has 0 heterocycles. The van der Waals surface area contributed by atoms with E-state index < -0.39 is 0 Å². The van der Waals surface area contributed by atoms with Gasteiger partial charge in [-0.25, -0.2) is 0 Å². The Morgan fingerprint density at radius 3 is 2.42 bits per heavy atom. The second kappa shape index (κ2) is 8.02. The highest BCUT2D eigenvalue weighted by atomic mass is 16.5. The van der Waals surface area contributed by atoms with Gasteiger partial charge in [-0.2, -0.15) is 0 Å². The quantitative estimate of drug-likeness (QED) is 0.786. The van der Waals surface area contributed by atoms with Gasteiger partial charge >= 0.3 is 0 Å². The van der Waals surface area contributed by atoms with E-state index >= 15 is 0 Å². The monoisotopic (exact) mass is 267 g/mol. The Hall–Kier alpha value is -1.26. The summed E-state index contributed by atoms with van der Waals surface area (Å²) in [4.78, 5) is 0. The summed E-state index contributed by atoms with van der Waals surface area (Å²) in [5.41, 5.74) is 1.13. The zero-order valence-corrected chi connectivity index (χ0v) is 12.5. The van der Waals surface area contributed by atoms with Gasteiger partial charge in [0.05, 0.1) is 14.2 Å². The van der Waals surface area contributed by atoms with Crippen LogP contribution in [0.3, 0.4) is 0 Å². The van der Waals surface area contributed by atoms with Crippen molar-refractivity contribution in [1.29, 1.82) is 0 Å². The van der Waals surface area contributed by atoms with Crippen LogP contribution < -0.4 is 14.8 Å². The molecule has 1 aromatic rings. The molecule has 0 spiro atoms. The zero-order valence-electron chi connectivity index (χ0n) is 12.5. The Labute approximate surface area is 116 Å². The minimum Gasteiger partial charge on any atom is -0.497 e. The summed E-state index contributed by atoms with van der Waals surface area (Å²) in [5.74, 6) is 2.14. The molecule has 0 aromatic heterocycles. The van der Waals surface area contributed by atoms with Crippen molar-refractivity contribution >= 4 is 0 Å². The van der Waals surface area contributed by atoms with E-state index in [0.717, 1.165) is 30.2 Å². The van der Waals surface area contributed by atoms with E-state index in [-0.39, 0.29) is 6.04 Å². The van der Waals surface area contributed by atoms with Gasteiger partial charge in [-0.05, 0) is 18.9 Å². The summed E-state index contributed by atoms with van der Waals surface area (Å²) in [7, 11) is 5.06. The first kappa shape index (κ1) is 15.8. The molecule has 1 N–H and O–H groups in total. The Morgan fingerprint density at radius 1 is 1.11 bits per heavy atom. The molecular formula is C15H25NO3. The molecule has 1 aromatic carbocycles. The molecule has 2 unspecified atom stereocenters. The standard InChI is InChI=1S/C15H25NO3/c1-11(10-17-3)9-16-12(2)14-7-6-13(18-4)8-15(14)19-5/h6-8,11-12,16H,9-10H2,1-5H3. The Morgan fingerprint density at radius 2 is 1.84 bits per heavy atom. The maximum absolute atomic E-state index is 5.42. The fourth-order valence-electron chi connectivity index (χ4n) is 2.01. The summed E-state index contributed by atoms with van der Waals surface area (Å²) in [6.07, 6.45) is 0. The van der Waals surface area contributed by atoms with E-state index in [1.54, 1.807) is 21.3 Å². The number of methoxy groups -OCH3 is 3. The van der Waals surface area contributed by atoms with Crippen LogP contribution in [-0.2, 0) is 4.74 Å². The fraction of sp³-hybridized carbons (Fsp3) is 0.600. The van der Waals surface area contributed by atoms with E-state index in [4.69, 9.17) is 14.2 Å². The molecule has 19 heavy (non-hydrogen) atoms. The lowest BCUT2D eigenvalue weighted by atomic mass is 10.1. The van der Waals surface area contributed by atoms with E-state index in [2.05, 4.69) is 19.2 Å². The summed E-state index contributed by atoms with van der Waals surface area (Å²) in [5, 5.41) is 3.49. The van der Waals surface area contributed by atoms with Crippen LogP contribution in [0.1, 0.15) is 25.5 Å². The molecule has 0 bridgehead atoms. The molecule has 0 aliphatic rings. The molecule has 0 amide bonds. The predicted octanol–water partition coefficient (Wildman–Crippen LogP) is 2.64. The molecule has 2 atom stereocenters. The largest absolute Gasteiger partial charge is 0.497 e. The van der Waals surface area contributed by atoms with E-state index in [9.17, 15) is 0 Å². The molecule has 0 radical (unpaired) electrons. The summed E-state index contributed by atoms with van der Waals surface area (Å²) < 4.78 is 15.8. The van der Waals surface area contributed by atoms with E-state index in [1.165, 1.54) is 0 Å². The van der Waals surface area contributed by atoms with Crippen molar-refractivity contribution in [2.75, 3.05) is 34.5 Å². The van der Waals surface area contributed by atoms with Gasteiger partial charge < -0.3 is 19.5 Å². The minimum absolute atomic E-state index is 0.222. The second-order valence-corrected chi connectivity index (χ2v) is 4.80. The predicted molar refractivity (Wildman–Crippen MR) is 77.0 cm³/mol. The molecule has 1 rings (SSSR count). The van der Waals surface area contributed by atoms with Crippen LogP contribution in [0.25, 0.3) is 0 Å². The minimum atomic E-state index is 0.222. The highest BCUT2D eigenvalue weighted by Crippen LogP contribution is 2.29. The summed E-state index contributed by atoms with van der Waals surface area (Å²) in [6, 6.07) is 6.12. The lowest BCUT2D eigenvalue weighted by Crippen LogP contribution is -2.26. The molecule has 4 nitrogen and oxygen atoms in total. The van der Waals surface area contributed by atoms with E-state index in [1.807, 2.05) is 18.2 Å². The fourth-order valence-corrected chi connectivity index (χ4v) is 2.01. The van der Waals surface area contributed by atoms with Crippen molar-refractivity contribution < 1.29 is 14.2 Å². The number of benzene rings is 1. The van der Waals surface area contributed by atoms with Crippen LogP contribution in [0, 0.1) is 5.92 Å². The third-order valence-corrected chi connectivity index (χ3v) is 3.13. The van der Waals surface area contributed by atoms with Crippen molar-refractivity contribution in [2.24, 2.45) is 5.92 Å². The normalized spacial score (nSPS) is 13.9. The number of hydrogen-bond donors (Lipinski definition) is 1. The first-order valence-electron chi connectivity index (χ1n) is 6.56. The van der Waals surface area contributed by atoms with E-state index in [0.29, 0.717) is 5.92 Å². The smallest absolute Gasteiger partial charge is 0.127 e. The van der Waals surface area contributed by atoms with Crippen LogP contribution in [0.4, 0.5) is 0 Å². The molecule has 0 aliphatic carbocycles. The summed E-state index contributed by atoms with van der Waals surface area (Å²) in [6.45, 7) is 5.96. The lowest BCUT2D eigenvalue weighted by molar-refractivity contribution is 0.157. The maximum Gasteiger partial charge on any atom is 0.127 e. The van der Waals surface area contributed by atoms with Gasteiger partial charge in [-0.1, -0.05) is 13.0 Å². The molecule has 0 saturated heterocycles. The first-order chi connectivity index (χ1) is 9.12. The Bertz CT molecular complexity index is 382. The van der Waals surface area contributed by atoms with Crippen molar-refractivity contribution in [2.45, 2.75) is 19.9 Å². The van der Waals surface area contributed by atoms with Crippen molar-refractivity contribution in [3.05, 3.63) is 23.8 Å². The SMILES string of the molecule is COCC(C)CNC(C)c1ccc(OC)cc1OC. The number of rotatable bonds is 8. The highest BCUT2D eigenvalue weighted by molar-refractivity contribution is 5.42. The molecule has 0 saturated carbocycles. The molecule has 0 aliphatic heterocycles. The highest BCUT2D eigenvalue weighted by Gasteiger charge is 2.13. The Kier molecular flexibility index (Phi) is 6.67. The van der Waals surface area contributed by atoms with Crippen LogP contribution in [-0.4, -0.2) is 34.5 Å². The van der Waals surface area contributed by atoms with Gasteiger partial charge in [0.25, 0.3) is 0 Å². The van der Waals surface area contributed by atoms with Gasteiger partial charge in [-0.15, -0.1) is 0 Å². The van der Waals surface area contributed by atoms with Crippen LogP contribution in [0.15, 0.2) is 18.2 Å². The first-order valence-corrected chi connectivity index (χ1v) is 6.56. The van der Waals surface area contributed by atoms with Crippen LogP contribution >= 0.6 is 0 Å². The number of nitrogens with one attached hydrogen (secondary N) is 1. The molecule has 0 fully saturated rings. The van der Waals surface area contributed by atoms with Gasteiger partial charge in [0.1, 0.15) is 11.5 Å². The number of hydrogen-bond acceptors (Lipinski definition) is 4. The molecular weight excluding hydrogens is 242 g/mol. The average molecular weight is 267 g/mol. The third-order valence-electron chi connectivity index (χ3n) is 3.13. The lowest BCUT2D eigenvalue weighted by Gasteiger charge is -2.20. The van der Waals surface area contributed by atoms with Gasteiger partial charge in [0.2, 0.25) is 0 Å². The molecule has 108 valence electrons.